The van der Waals surface area contributed by atoms with Crippen molar-refractivity contribution in [1.82, 2.24) is 0 Å². The first-order valence-corrected chi connectivity index (χ1v) is 18.8. The Kier molecular flexibility index (Phi) is 7.06. The Bertz CT molecular complexity index is 2730. The van der Waals surface area contributed by atoms with Crippen molar-refractivity contribution in [3.63, 3.8) is 0 Å². The Hall–Kier alpha value is -6.16. The predicted octanol–water partition coefficient (Wildman–Crippen LogP) is 14.5. The van der Waals surface area contributed by atoms with Crippen LogP contribution in [0, 0.1) is 0 Å². The highest BCUT2D eigenvalue weighted by Gasteiger charge is 2.37. The number of benzene rings is 8. The summed E-state index contributed by atoms with van der Waals surface area (Å²) in [6, 6.07) is 66.4. The van der Waals surface area contributed by atoms with E-state index in [4.69, 9.17) is 0 Å². The molecule has 3 heteroatoms. The van der Waals surface area contributed by atoms with Gasteiger partial charge in [-0.1, -0.05) is 117 Å². The molecule has 10 rings (SSSR count). The van der Waals surface area contributed by atoms with E-state index in [0.717, 1.165) is 34.1 Å². The van der Waals surface area contributed by atoms with Gasteiger partial charge in [-0.25, -0.2) is 0 Å². The Balaban J connectivity index is 1.09. The van der Waals surface area contributed by atoms with E-state index in [1.165, 1.54) is 53.2 Å². The van der Waals surface area contributed by atoms with Gasteiger partial charge in [0.1, 0.15) is 0 Å². The van der Waals surface area contributed by atoms with Crippen molar-refractivity contribution < 1.29 is 0 Å². The van der Waals surface area contributed by atoms with E-state index in [1.54, 1.807) is 0 Å². The van der Waals surface area contributed by atoms with Crippen molar-refractivity contribution >= 4 is 76.4 Å². The van der Waals surface area contributed by atoms with Crippen LogP contribution >= 0.6 is 11.3 Å². The summed E-state index contributed by atoms with van der Waals surface area (Å²) in [6.07, 6.45) is 0. The maximum Gasteiger partial charge on any atom is 0.0468 e. The van der Waals surface area contributed by atoms with Crippen LogP contribution in [0.2, 0.25) is 0 Å². The van der Waals surface area contributed by atoms with E-state index in [-0.39, 0.29) is 5.41 Å². The molecule has 1 aliphatic rings. The first kappa shape index (κ1) is 30.6. The molecule has 0 bridgehead atoms. The topological polar surface area (TPSA) is 6.48 Å². The lowest BCUT2D eigenvalue weighted by Crippen LogP contribution is -2.17. The molecule has 0 saturated heterocycles. The molecule has 0 saturated carbocycles. The van der Waals surface area contributed by atoms with Gasteiger partial charge in [-0.15, -0.1) is 11.3 Å². The predicted molar refractivity (Wildman–Crippen MR) is 224 cm³/mol. The van der Waals surface area contributed by atoms with Gasteiger partial charge in [0.25, 0.3) is 0 Å². The van der Waals surface area contributed by atoms with Crippen LogP contribution in [-0.2, 0) is 5.41 Å². The van der Waals surface area contributed by atoms with Crippen LogP contribution in [0.25, 0.3) is 42.1 Å². The third-order valence-corrected chi connectivity index (χ3v) is 12.0. The number of thiophene rings is 1. The Morgan fingerprint density at radius 2 is 0.865 bits per heavy atom. The van der Waals surface area contributed by atoms with Crippen LogP contribution in [-0.4, -0.2) is 0 Å². The van der Waals surface area contributed by atoms with E-state index in [9.17, 15) is 0 Å². The van der Waals surface area contributed by atoms with Crippen molar-refractivity contribution in [3.8, 4) is 11.1 Å². The van der Waals surface area contributed by atoms with Crippen LogP contribution in [0.4, 0.5) is 34.1 Å². The van der Waals surface area contributed by atoms with E-state index < -0.39 is 0 Å². The maximum absolute atomic E-state index is 2.43. The third-order valence-electron chi connectivity index (χ3n) is 10.8. The normalized spacial score (nSPS) is 13.0. The average Bonchev–Trinajstić information content (AvgIpc) is 3.68. The lowest BCUT2D eigenvalue weighted by atomic mass is 9.82. The van der Waals surface area contributed by atoms with Gasteiger partial charge < -0.3 is 9.80 Å². The molecule has 0 N–H and O–H groups in total. The van der Waals surface area contributed by atoms with E-state index >= 15 is 0 Å². The molecule has 0 amide bonds. The minimum atomic E-state index is -0.202. The van der Waals surface area contributed by atoms with Crippen molar-refractivity contribution in [2.24, 2.45) is 0 Å². The molecule has 0 radical (unpaired) electrons. The van der Waals surface area contributed by atoms with Crippen LogP contribution in [0.15, 0.2) is 182 Å². The SMILES string of the molecule is CC1(C)c2cc(N(c3ccccc3)c3ccccc3)ccc2-c2ccc(N(c3ccccc3)c3ccc4sc5c6ccccc6ccc5c4c3)cc21. The zero-order valence-corrected chi connectivity index (χ0v) is 29.9. The summed E-state index contributed by atoms with van der Waals surface area (Å²) >= 11 is 1.89. The molecule has 248 valence electrons. The van der Waals surface area contributed by atoms with Crippen LogP contribution in [0.3, 0.4) is 0 Å². The van der Waals surface area contributed by atoms with Crippen molar-refractivity contribution in [2.75, 3.05) is 9.80 Å². The molecule has 0 unspecified atom stereocenters. The largest absolute Gasteiger partial charge is 0.310 e. The highest BCUT2D eigenvalue weighted by molar-refractivity contribution is 7.26. The monoisotopic (exact) mass is 684 g/mol. The fraction of sp³-hybridized carbons (Fsp3) is 0.0612. The van der Waals surface area contributed by atoms with Gasteiger partial charge in [-0.2, -0.15) is 0 Å². The summed E-state index contributed by atoms with van der Waals surface area (Å²) in [6.45, 7) is 4.75. The van der Waals surface area contributed by atoms with E-state index in [0.29, 0.717) is 0 Å². The summed E-state index contributed by atoms with van der Waals surface area (Å²) in [5.74, 6) is 0. The quantitative estimate of drug-likeness (QED) is 0.172. The molecule has 1 heterocycles. The third kappa shape index (κ3) is 4.85. The lowest BCUT2D eigenvalue weighted by Gasteiger charge is -2.29. The zero-order valence-electron chi connectivity index (χ0n) is 29.1. The second-order valence-electron chi connectivity index (χ2n) is 14.2. The molecule has 9 aromatic rings. The maximum atomic E-state index is 2.43. The lowest BCUT2D eigenvalue weighted by molar-refractivity contribution is 0.660. The fourth-order valence-electron chi connectivity index (χ4n) is 8.25. The highest BCUT2D eigenvalue weighted by atomic mass is 32.1. The highest BCUT2D eigenvalue weighted by Crippen LogP contribution is 2.52. The van der Waals surface area contributed by atoms with Gasteiger partial charge in [0.15, 0.2) is 0 Å². The smallest absolute Gasteiger partial charge is 0.0468 e. The number of para-hydroxylation sites is 3. The Labute approximate surface area is 308 Å². The number of hydrogen-bond acceptors (Lipinski definition) is 3. The molecule has 8 aromatic carbocycles. The molecule has 2 nitrogen and oxygen atoms in total. The number of hydrogen-bond donors (Lipinski definition) is 0. The summed E-state index contributed by atoms with van der Waals surface area (Å²) in [5.41, 5.74) is 12.0. The van der Waals surface area contributed by atoms with E-state index in [1.807, 2.05) is 11.3 Å². The molecular formula is C49H36N2S. The molecule has 0 fully saturated rings. The molecule has 0 atom stereocenters. The van der Waals surface area contributed by atoms with Crippen LogP contribution in [0.1, 0.15) is 25.0 Å². The number of anilines is 6. The molecule has 1 aliphatic carbocycles. The molecular weight excluding hydrogens is 649 g/mol. The molecule has 0 aliphatic heterocycles. The van der Waals surface area contributed by atoms with Gasteiger partial charge in [0.05, 0.1) is 0 Å². The van der Waals surface area contributed by atoms with Crippen molar-refractivity contribution in [3.05, 3.63) is 193 Å². The number of nitrogens with zero attached hydrogens (tertiary/aromatic N) is 2. The molecule has 52 heavy (non-hydrogen) atoms. The van der Waals surface area contributed by atoms with E-state index in [2.05, 4.69) is 206 Å². The standard InChI is InChI=1S/C49H36N2S/c1-49(2)45-31-38(50(34-15-6-3-7-16-34)35-17-8-4-9-18-35)23-27-41(45)42-28-24-39(32-46(42)49)51(36-19-10-5-11-20-36)37-25-29-47-44(30-37)43-26-22-33-14-12-13-21-40(33)48(43)52-47/h3-32H,1-2H3. The number of rotatable bonds is 6. The summed E-state index contributed by atoms with van der Waals surface area (Å²) in [7, 11) is 0. The summed E-state index contributed by atoms with van der Waals surface area (Å²) in [5, 5.41) is 5.22. The zero-order chi connectivity index (χ0) is 34.8. The van der Waals surface area contributed by atoms with Gasteiger partial charge in [0, 0.05) is 59.7 Å². The summed E-state index contributed by atoms with van der Waals surface area (Å²) in [4.78, 5) is 4.77. The second kappa shape index (κ2) is 12.0. The Morgan fingerprint density at radius 1 is 0.385 bits per heavy atom. The van der Waals surface area contributed by atoms with Crippen LogP contribution in [0.5, 0.6) is 0 Å². The number of fused-ring (bicyclic) bond motifs is 8. The first-order chi connectivity index (χ1) is 25.5. The average molecular weight is 685 g/mol. The Morgan fingerprint density at radius 3 is 1.44 bits per heavy atom. The van der Waals surface area contributed by atoms with Gasteiger partial charge in [-0.3, -0.25) is 0 Å². The van der Waals surface area contributed by atoms with Gasteiger partial charge in [-0.05, 0) is 112 Å². The van der Waals surface area contributed by atoms with Crippen LogP contribution < -0.4 is 9.80 Å². The summed E-state index contributed by atoms with van der Waals surface area (Å²) < 4.78 is 2.66. The van der Waals surface area contributed by atoms with Crippen molar-refractivity contribution in [2.45, 2.75) is 19.3 Å². The molecule has 1 aromatic heterocycles. The van der Waals surface area contributed by atoms with Crippen molar-refractivity contribution in [1.29, 1.82) is 0 Å². The fourth-order valence-corrected chi connectivity index (χ4v) is 9.47. The van der Waals surface area contributed by atoms with Gasteiger partial charge in [0.2, 0.25) is 0 Å². The minimum Gasteiger partial charge on any atom is -0.310 e. The minimum absolute atomic E-state index is 0.202. The van der Waals surface area contributed by atoms with Gasteiger partial charge >= 0.3 is 0 Å². The first-order valence-electron chi connectivity index (χ1n) is 17.9. The molecule has 0 spiro atoms. The second-order valence-corrected chi connectivity index (χ2v) is 15.3.